The van der Waals surface area contributed by atoms with Gasteiger partial charge in [0.2, 0.25) is 0 Å². The summed E-state index contributed by atoms with van der Waals surface area (Å²) in [6.45, 7) is 8.18. The summed E-state index contributed by atoms with van der Waals surface area (Å²) < 4.78 is 0. The molecule has 3 unspecified atom stereocenters. The molecule has 1 aromatic rings. The summed E-state index contributed by atoms with van der Waals surface area (Å²) >= 11 is 0. The zero-order chi connectivity index (χ0) is 15.0. The predicted octanol–water partition coefficient (Wildman–Crippen LogP) is 4.63. The largest absolute Gasteiger partial charge is 0.388 e. The second-order valence-corrected chi connectivity index (χ2v) is 5.69. The lowest BCUT2D eigenvalue weighted by atomic mass is 9.84. The van der Waals surface area contributed by atoms with E-state index < -0.39 is 6.10 Å². The Balaban J connectivity index is 2.61. The lowest BCUT2D eigenvalue weighted by molar-refractivity contribution is 0.117. The molecule has 0 heterocycles. The number of rotatable bonds is 8. The van der Waals surface area contributed by atoms with Gasteiger partial charge in [0.1, 0.15) is 0 Å². The van der Waals surface area contributed by atoms with E-state index in [2.05, 4.69) is 19.6 Å². The normalized spacial score (nSPS) is 15.1. The van der Waals surface area contributed by atoms with Crippen molar-refractivity contribution in [3.05, 3.63) is 48.0 Å². The van der Waals surface area contributed by atoms with Gasteiger partial charge < -0.3 is 5.11 Å². The van der Waals surface area contributed by atoms with Crippen molar-refractivity contribution in [3.63, 3.8) is 0 Å². The van der Waals surface area contributed by atoms with Gasteiger partial charge in [0.05, 0.1) is 12.2 Å². The molecule has 0 saturated heterocycles. The van der Waals surface area contributed by atoms with Gasteiger partial charge in [0.15, 0.2) is 0 Å². The summed E-state index contributed by atoms with van der Waals surface area (Å²) in [6, 6.07) is 12.0. The van der Waals surface area contributed by atoms with E-state index in [0.29, 0.717) is 12.3 Å². The zero-order valence-electron chi connectivity index (χ0n) is 12.5. The van der Waals surface area contributed by atoms with Gasteiger partial charge in [-0.05, 0) is 37.7 Å². The number of hydrogen-bond donors (Lipinski definition) is 1. The molecule has 1 N–H and O–H groups in total. The number of aliphatic hydroxyl groups excluding tert-OH is 1. The van der Waals surface area contributed by atoms with Crippen molar-refractivity contribution in [1.29, 1.82) is 5.26 Å². The Kier molecular flexibility index (Phi) is 7.04. The minimum Gasteiger partial charge on any atom is -0.388 e. The van der Waals surface area contributed by atoms with Crippen LogP contribution in [0.4, 0.5) is 0 Å². The molecule has 2 heteroatoms. The Morgan fingerprint density at radius 2 is 1.90 bits per heavy atom. The molecule has 0 fully saturated rings. The SMILES string of the molecule is C=C(C)C(CCC(C)CCC#N)C(O)c1ccccc1. The van der Waals surface area contributed by atoms with E-state index in [9.17, 15) is 5.11 Å². The van der Waals surface area contributed by atoms with Gasteiger partial charge in [-0.2, -0.15) is 5.26 Å². The first-order valence-electron chi connectivity index (χ1n) is 7.31. The van der Waals surface area contributed by atoms with Crippen LogP contribution in [0.5, 0.6) is 0 Å². The fourth-order valence-electron chi connectivity index (χ4n) is 2.48. The van der Waals surface area contributed by atoms with Crippen molar-refractivity contribution in [1.82, 2.24) is 0 Å². The predicted molar refractivity (Wildman–Crippen MR) is 83.0 cm³/mol. The van der Waals surface area contributed by atoms with Crippen LogP contribution in [-0.4, -0.2) is 5.11 Å². The maximum Gasteiger partial charge on any atom is 0.0855 e. The number of nitrogens with zero attached hydrogens (tertiary/aromatic N) is 1. The molecule has 0 radical (unpaired) electrons. The molecule has 0 amide bonds. The lowest BCUT2D eigenvalue weighted by Crippen LogP contribution is -2.15. The van der Waals surface area contributed by atoms with Crippen LogP contribution in [0.25, 0.3) is 0 Å². The molecule has 20 heavy (non-hydrogen) atoms. The molecule has 2 nitrogen and oxygen atoms in total. The molecule has 0 saturated carbocycles. The summed E-state index contributed by atoms with van der Waals surface area (Å²) in [5.41, 5.74) is 1.97. The lowest BCUT2D eigenvalue weighted by Gasteiger charge is -2.25. The Morgan fingerprint density at radius 3 is 2.45 bits per heavy atom. The third-order valence-electron chi connectivity index (χ3n) is 3.87. The van der Waals surface area contributed by atoms with Gasteiger partial charge in [-0.1, -0.05) is 49.4 Å². The fourth-order valence-corrected chi connectivity index (χ4v) is 2.48. The summed E-state index contributed by atoms with van der Waals surface area (Å²) in [5.74, 6) is 0.599. The molecule has 0 bridgehead atoms. The monoisotopic (exact) mass is 271 g/mol. The standard InChI is InChI=1S/C18H25NO/c1-14(2)17(12-11-15(3)8-7-13-19)18(20)16-9-5-4-6-10-16/h4-6,9-10,15,17-18,20H,1,7-8,11-12H2,2-3H3. The topological polar surface area (TPSA) is 44.0 Å². The molecule has 0 aromatic heterocycles. The van der Waals surface area contributed by atoms with Crippen molar-refractivity contribution in [2.24, 2.45) is 11.8 Å². The molecule has 0 aliphatic heterocycles. The average molecular weight is 271 g/mol. The second kappa shape index (κ2) is 8.55. The van der Waals surface area contributed by atoms with Crippen molar-refractivity contribution in [3.8, 4) is 6.07 Å². The number of aliphatic hydroxyl groups is 1. The molecule has 108 valence electrons. The van der Waals surface area contributed by atoms with Gasteiger partial charge in [0.25, 0.3) is 0 Å². The molecule has 0 aliphatic carbocycles. The zero-order valence-corrected chi connectivity index (χ0v) is 12.5. The fraction of sp³-hybridized carbons (Fsp3) is 0.500. The van der Waals surface area contributed by atoms with Crippen LogP contribution in [0.2, 0.25) is 0 Å². The van der Waals surface area contributed by atoms with E-state index in [1.807, 2.05) is 37.3 Å². The molecular weight excluding hydrogens is 246 g/mol. The van der Waals surface area contributed by atoms with Crippen LogP contribution < -0.4 is 0 Å². The molecule has 0 spiro atoms. The first-order chi connectivity index (χ1) is 9.56. The molecule has 1 rings (SSSR count). The molecule has 0 aliphatic rings. The third kappa shape index (κ3) is 5.19. The Labute approximate surface area is 122 Å². The van der Waals surface area contributed by atoms with Crippen LogP contribution in [0.3, 0.4) is 0 Å². The van der Waals surface area contributed by atoms with Crippen LogP contribution in [0.1, 0.15) is 51.2 Å². The minimum absolute atomic E-state index is 0.0851. The summed E-state index contributed by atoms with van der Waals surface area (Å²) in [6.07, 6.45) is 2.99. The van der Waals surface area contributed by atoms with Crippen LogP contribution >= 0.6 is 0 Å². The van der Waals surface area contributed by atoms with Gasteiger partial charge in [-0.15, -0.1) is 0 Å². The highest BCUT2D eigenvalue weighted by molar-refractivity contribution is 5.20. The summed E-state index contributed by atoms with van der Waals surface area (Å²) in [4.78, 5) is 0. The molecule has 3 atom stereocenters. The summed E-state index contributed by atoms with van der Waals surface area (Å²) in [5, 5.41) is 19.1. The quantitative estimate of drug-likeness (QED) is 0.700. The maximum atomic E-state index is 10.5. The van der Waals surface area contributed by atoms with Gasteiger partial charge in [-0.3, -0.25) is 0 Å². The van der Waals surface area contributed by atoms with Crippen molar-refractivity contribution in [2.75, 3.05) is 0 Å². The van der Waals surface area contributed by atoms with Crippen molar-refractivity contribution < 1.29 is 5.11 Å². The first-order valence-corrected chi connectivity index (χ1v) is 7.31. The number of hydrogen-bond acceptors (Lipinski definition) is 2. The van der Waals surface area contributed by atoms with E-state index >= 15 is 0 Å². The summed E-state index contributed by atoms with van der Waals surface area (Å²) in [7, 11) is 0. The molecule has 1 aromatic carbocycles. The molecular formula is C18H25NO. The second-order valence-electron chi connectivity index (χ2n) is 5.69. The highest BCUT2D eigenvalue weighted by atomic mass is 16.3. The number of benzene rings is 1. The van der Waals surface area contributed by atoms with Gasteiger partial charge >= 0.3 is 0 Å². The van der Waals surface area contributed by atoms with Crippen LogP contribution in [0.15, 0.2) is 42.5 Å². The number of nitriles is 1. The van der Waals surface area contributed by atoms with E-state index in [0.717, 1.165) is 30.4 Å². The van der Waals surface area contributed by atoms with Crippen LogP contribution in [0, 0.1) is 23.2 Å². The van der Waals surface area contributed by atoms with E-state index in [1.165, 1.54) is 0 Å². The van der Waals surface area contributed by atoms with E-state index in [1.54, 1.807) is 0 Å². The minimum atomic E-state index is -0.489. The van der Waals surface area contributed by atoms with Crippen molar-refractivity contribution in [2.45, 2.75) is 45.6 Å². The Morgan fingerprint density at radius 1 is 1.25 bits per heavy atom. The van der Waals surface area contributed by atoms with E-state index in [4.69, 9.17) is 5.26 Å². The first kappa shape index (κ1) is 16.5. The maximum absolute atomic E-state index is 10.5. The average Bonchev–Trinajstić information content (AvgIpc) is 2.45. The van der Waals surface area contributed by atoms with Crippen LogP contribution in [-0.2, 0) is 0 Å². The highest BCUT2D eigenvalue weighted by Gasteiger charge is 2.22. The third-order valence-corrected chi connectivity index (χ3v) is 3.87. The van der Waals surface area contributed by atoms with E-state index in [-0.39, 0.29) is 5.92 Å². The Bertz CT molecular complexity index is 446. The van der Waals surface area contributed by atoms with Gasteiger partial charge in [0, 0.05) is 12.3 Å². The Hall–Kier alpha value is -1.59. The highest BCUT2D eigenvalue weighted by Crippen LogP contribution is 2.32. The van der Waals surface area contributed by atoms with Gasteiger partial charge in [-0.25, -0.2) is 0 Å². The smallest absolute Gasteiger partial charge is 0.0855 e. The van der Waals surface area contributed by atoms with Crippen molar-refractivity contribution >= 4 is 0 Å².